The third-order valence-corrected chi connectivity index (χ3v) is 4.28. The Morgan fingerprint density at radius 3 is 2.52 bits per heavy atom. The number of anilines is 2. The lowest BCUT2D eigenvalue weighted by Gasteiger charge is -2.32. The summed E-state index contributed by atoms with van der Waals surface area (Å²) in [4.78, 5) is 9.09. The van der Waals surface area contributed by atoms with Gasteiger partial charge in [0.2, 0.25) is 0 Å². The van der Waals surface area contributed by atoms with E-state index in [0.29, 0.717) is 11.7 Å². The van der Waals surface area contributed by atoms with Crippen LogP contribution in [0.2, 0.25) is 0 Å². The molecule has 1 aromatic heterocycles. The van der Waals surface area contributed by atoms with Gasteiger partial charge in [-0.1, -0.05) is 26.7 Å². The van der Waals surface area contributed by atoms with Crippen molar-refractivity contribution in [2.45, 2.75) is 58.4 Å². The molecule has 0 saturated heterocycles. The summed E-state index contributed by atoms with van der Waals surface area (Å²) in [5.74, 6) is 8.35. The second kappa shape index (κ2) is 7.04. The van der Waals surface area contributed by atoms with Gasteiger partial charge in [-0.15, -0.1) is 0 Å². The monoisotopic (exact) mass is 293 g/mol. The maximum atomic E-state index is 9.55. The number of nitrogens with one attached hydrogen (secondary N) is 2. The van der Waals surface area contributed by atoms with Crippen LogP contribution in [-0.2, 0) is 0 Å². The summed E-state index contributed by atoms with van der Waals surface area (Å²) in [6, 6.07) is 0.267. The Hall–Kier alpha value is -1.40. The Kier molecular flexibility index (Phi) is 5.36. The van der Waals surface area contributed by atoms with E-state index >= 15 is 0 Å². The van der Waals surface area contributed by atoms with Crippen molar-refractivity contribution < 1.29 is 5.11 Å². The molecule has 5 N–H and O–H groups in total. The molecule has 1 aromatic rings. The number of nitrogens with zero attached hydrogens (tertiary/aromatic N) is 2. The maximum absolute atomic E-state index is 9.55. The van der Waals surface area contributed by atoms with Gasteiger partial charge < -0.3 is 15.8 Å². The predicted octanol–water partition coefficient (Wildman–Crippen LogP) is 2.16. The van der Waals surface area contributed by atoms with Gasteiger partial charge in [0.15, 0.2) is 0 Å². The second-order valence-electron chi connectivity index (χ2n) is 6.18. The van der Waals surface area contributed by atoms with E-state index in [-0.39, 0.29) is 18.6 Å². The van der Waals surface area contributed by atoms with Gasteiger partial charge in [-0.3, -0.25) is 0 Å². The maximum Gasteiger partial charge on any atom is 0.148 e. The van der Waals surface area contributed by atoms with E-state index in [0.717, 1.165) is 30.0 Å². The highest BCUT2D eigenvalue weighted by Gasteiger charge is 2.26. The summed E-state index contributed by atoms with van der Waals surface area (Å²) in [7, 11) is 0. The Labute approximate surface area is 126 Å². The van der Waals surface area contributed by atoms with Crippen molar-refractivity contribution in [2.24, 2.45) is 11.8 Å². The van der Waals surface area contributed by atoms with Crippen LogP contribution in [0.3, 0.4) is 0 Å². The summed E-state index contributed by atoms with van der Waals surface area (Å²) < 4.78 is 0. The molecule has 0 bridgehead atoms. The highest BCUT2D eigenvalue weighted by Crippen LogP contribution is 2.29. The number of hydrazine groups is 1. The van der Waals surface area contributed by atoms with Crippen molar-refractivity contribution in [3.05, 3.63) is 11.4 Å². The van der Waals surface area contributed by atoms with Gasteiger partial charge in [-0.05, 0) is 19.8 Å². The van der Waals surface area contributed by atoms with Crippen molar-refractivity contribution in [3.8, 4) is 0 Å². The van der Waals surface area contributed by atoms with Gasteiger partial charge in [-0.2, -0.15) is 0 Å². The van der Waals surface area contributed by atoms with Crippen LogP contribution in [0.5, 0.6) is 0 Å². The summed E-state index contributed by atoms with van der Waals surface area (Å²) in [5, 5.41) is 13.1. The average molecular weight is 293 g/mol. The largest absolute Gasteiger partial charge is 0.396 e. The summed E-state index contributed by atoms with van der Waals surface area (Å²) in [6.07, 6.45) is 4.52. The number of hydrogen-bond donors (Lipinski definition) is 4. The normalized spacial score (nSPS) is 22.4. The lowest BCUT2D eigenvalue weighted by atomic mass is 9.85. The number of aliphatic hydroxyl groups excluding tert-OH is 1. The van der Waals surface area contributed by atoms with Gasteiger partial charge >= 0.3 is 0 Å². The number of aromatic nitrogens is 2. The van der Waals surface area contributed by atoms with Crippen LogP contribution in [0.15, 0.2) is 0 Å². The van der Waals surface area contributed by atoms with E-state index in [1.165, 1.54) is 12.8 Å². The van der Waals surface area contributed by atoms with Crippen molar-refractivity contribution >= 4 is 11.6 Å². The van der Waals surface area contributed by atoms with Crippen molar-refractivity contribution in [3.63, 3.8) is 0 Å². The number of hydrogen-bond acceptors (Lipinski definition) is 6. The number of nitrogen functional groups attached to an aromatic ring is 1. The Morgan fingerprint density at radius 2 is 1.90 bits per heavy atom. The highest BCUT2D eigenvalue weighted by molar-refractivity contribution is 5.57. The van der Waals surface area contributed by atoms with Crippen LogP contribution >= 0.6 is 0 Å². The first-order valence-electron chi connectivity index (χ1n) is 7.79. The van der Waals surface area contributed by atoms with Gasteiger partial charge in [0.05, 0.1) is 0 Å². The van der Waals surface area contributed by atoms with Gasteiger partial charge in [-0.25, -0.2) is 15.8 Å². The minimum Gasteiger partial charge on any atom is -0.396 e. The fourth-order valence-electron chi connectivity index (χ4n) is 2.87. The van der Waals surface area contributed by atoms with Crippen molar-refractivity contribution in [1.29, 1.82) is 0 Å². The zero-order valence-corrected chi connectivity index (χ0v) is 13.2. The molecule has 6 heteroatoms. The minimum absolute atomic E-state index is 0.223. The topological polar surface area (TPSA) is 96.1 Å². The Bertz CT molecular complexity index is 477. The molecule has 1 heterocycles. The molecule has 1 aliphatic rings. The van der Waals surface area contributed by atoms with Gasteiger partial charge in [0, 0.05) is 30.0 Å². The summed E-state index contributed by atoms with van der Waals surface area (Å²) in [5.41, 5.74) is 3.57. The van der Waals surface area contributed by atoms with Crippen LogP contribution in [-0.4, -0.2) is 27.7 Å². The molecule has 0 amide bonds. The van der Waals surface area contributed by atoms with Crippen molar-refractivity contribution in [1.82, 2.24) is 9.97 Å². The molecular weight excluding hydrogens is 266 g/mol. The van der Waals surface area contributed by atoms with Crippen LogP contribution in [0.4, 0.5) is 11.6 Å². The zero-order valence-electron chi connectivity index (χ0n) is 13.2. The lowest BCUT2D eigenvalue weighted by molar-refractivity contribution is 0.178. The van der Waals surface area contributed by atoms with Gasteiger partial charge in [0.25, 0.3) is 0 Å². The first-order chi connectivity index (χ1) is 10.1. The molecule has 21 heavy (non-hydrogen) atoms. The van der Waals surface area contributed by atoms with E-state index < -0.39 is 0 Å². The summed E-state index contributed by atoms with van der Waals surface area (Å²) in [6.45, 7) is 6.30. The molecule has 1 aliphatic carbocycles. The fraction of sp³-hybridized carbons (Fsp3) is 0.733. The lowest BCUT2D eigenvalue weighted by Crippen LogP contribution is -2.35. The molecule has 1 fully saturated rings. The Morgan fingerprint density at radius 1 is 1.24 bits per heavy atom. The zero-order chi connectivity index (χ0) is 15.4. The SMILES string of the molecule is Cc1c(NN)nc(C(C)C)nc1NC1CCCCC1CO. The van der Waals surface area contributed by atoms with Crippen LogP contribution in [0, 0.1) is 12.8 Å². The molecule has 0 spiro atoms. The second-order valence-corrected chi connectivity index (χ2v) is 6.18. The molecule has 0 aromatic carbocycles. The molecule has 6 nitrogen and oxygen atoms in total. The van der Waals surface area contributed by atoms with Crippen LogP contribution < -0.4 is 16.6 Å². The molecular formula is C15H27N5O. The first kappa shape index (κ1) is 16.0. The average Bonchev–Trinajstić information content (AvgIpc) is 2.49. The fourth-order valence-corrected chi connectivity index (χ4v) is 2.87. The smallest absolute Gasteiger partial charge is 0.148 e. The molecule has 0 aliphatic heterocycles. The molecule has 118 valence electrons. The third kappa shape index (κ3) is 3.63. The molecule has 2 rings (SSSR count). The standard InChI is InChI=1S/C15H27N5O/c1-9(2)13-18-14(10(3)15(19-13)20-16)17-12-7-5-4-6-11(12)8-21/h9,11-12,21H,4-8,16H2,1-3H3,(H2,17,18,19,20). The Balaban J connectivity index is 2.27. The predicted molar refractivity (Wildman–Crippen MR) is 85.1 cm³/mol. The molecule has 1 saturated carbocycles. The molecule has 0 radical (unpaired) electrons. The first-order valence-corrected chi connectivity index (χ1v) is 7.79. The number of rotatable bonds is 5. The van der Waals surface area contributed by atoms with Crippen LogP contribution in [0.1, 0.15) is 56.8 Å². The van der Waals surface area contributed by atoms with Crippen LogP contribution in [0.25, 0.3) is 0 Å². The third-order valence-electron chi connectivity index (χ3n) is 4.28. The van der Waals surface area contributed by atoms with E-state index in [9.17, 15) is 5.11 Å². The van der Waals surface area contributed by atoms with Gasteiger partial charge in [0.1, 0.15) is 17.5 Å². The van der Waals surface area contributed by atoms with E-state index in [1.807, 2.05) is 6.92 Å². The minimum atomic E-state index is 0.223. The highest BCUT2D eigenvalue weighted by atomic mass is 16.3. The van der Waals surface area contributed by atoms with E-state index in [1.54, 1.807) is 0 Å². The molecule has 2 atom stereocenters. The quantitative estimate of drug-likeness (QED) is 0.491. The summed E-state index contributed by atoms with van der Waals surface area (Å²) >= 11 is 0. The number of nitrogens with two attached hydrogens (primary N) is 1. The molecule has 2 unspecified atom stereocenters. The van der Waals surface area contributed by atoms with E-state index in [4.69, 9.17) is 5.84 Å². The van der Waals surface area contributed by atoms with Crippen molar-refractivity contribution in [2.75, 3.05) is 17.3 Å². The van der Waals surface area contributed by atoms with E-state index in [2.05, 4.69) is 34.6 Å². The number of aliphatic hydroxyl groups is 1.